The maximum Gasteiger partial charge on any atom is 0.121 e. The van der Waals surface area contributed by atoms with Gasteiger partial charge >= 0.3 is 0 Å². The van der Waals surface area contributed by atoms with Crippen LogP contribution in [0.3, 0.4) is 0 Å². The number of aromatic nitrogens is 3. The van der Waals surface area contributed by atoms with Crippen LogP contribution in [0.25, 0.3) is 16.7 Å². The molecule has 2 aromatic carbocycles. The Kier molecular flexibility index (Phi) is 2.48. The molecule has 1 aromatic heterocycles. The van der Waals surface area contributed by atoms with Gasteiger partial charge in [-0.2, -0.15) is 4.80 Å². The number of rotatable bonds is 2. The summed E-state index contributed by atoms with van der Waals surface area (Å²) in [6.07, 6.45) is 0. The van der Waals surface area contributed by atoms with Gasteiger partial charge in [-0.15, -0.1) is 10.2 Å². The van der Waals surface area contributed by atoms with Gasteiger partial charge in [0.05, 0.1) is 12.8 Å². The Hall–Kier alpha value is -2.36. The Bertz CT molecular complexity index is 703. The Labute approximate surface area is 105 Å². The second-order valence-corrected chi connectivity index (χ2v) is 4.18. The number of ether oxygens (including phenoxy) is 1. The van der Waals surface area contributed by atoms with Gasteiger partial charge in [0.2, 0.25) is 0 Å². The highest BCUT2D eigenvalue weighted by molar-refractivity contribution is 5.75. The van der Waals surface area contributed by atoms with Gasteiger partial charge in [0.1, 0.15) is 16.8 Å². The van der Waals surface area contributed by atoms with E-state index in [1.54, 1.807) is 11.9 Å². The van der Waals surface area contributed by atoms with Crippen molar-refractivity contribution in [3.8, 4) is 11.4 Å². The van der Waals surface area contributed by atoms with Crippen LogP contribution in [-0.2, 0) is 0 Å². The van der Waals surface area contributed by atoms with Gasteiger partial charge in [0.25, 0.3) is 0 Å². The van der Waals surface area contributed by atoms with E-state index in [2.05, 4.69) is 29.3 Å². The molecule has 0 unspecified atom stereocenters. The molecule has 0 aliphatic heterocycles. The summed E-state index contributed by atoms with van der Waals surface area (Å²) in [6, 6.07) is 13.8. The SMILES string of the molecule is COc1ccc2nn(-c3cccc(C)c3)nc2c1. The molecule has 1 heterocycles. The van der Waals surface area contributed by atoms with Crippen molar-refractivity contribution in [3.05, 3.63) is 48.0 Å². The molecule has 0 aliphatic rings. The largest absolute Gasteiger partial charge is 0.497 e. The standard InChI is InChI=1S/C14H13N3O/c1-10-4-3-5-11(8-10)17-15-13-7-6-12(18-2)9-14(13)16-17/h3-9H,1-2H3. The van der Waals surface area contributed by atoms with Crippen molar-refractivity contribution in [2.75, 3.05) is 7.11 Å². The fourth-order valence-corrected chi connectivity index (χ4v) is 1.89. The quantitative estimate of drug-likeness (QED) is 0.690. The highest BCUT2D eigenvalue weighted by Crippen LogP contribution is 2.18. The molecule has 18 heavy (non-hydrogen) atoms. The Balaban J connectivity index is 2.13. The van der Waals surface area contributed by atoms with E-state index in [9.17, 15) is 0 Å². The molecule has 0 saturated heterocycles. The molecule has 3 rings (SSSR count). The molecule has 0 radical (unpaired) electrons. The van der Waals surface area contributed by atoms with Crippen molar-refractivity contribution in [3.63, 3.8) is 0 Å². The number of methoxy groups -OCH3 is 1. The first-order valence-electron chi connectivity index (χ1n) is 5.74. The number of aryl methyl sites for hydroxylation is 1. The molecule has 3 aromatic rings. The number of hydrogen-bond acceptors (Lipinski definition) is 3. The van der Waals surface area contributed by atoms with Crippen molar-refractivity contribution in [2.45, 2.75) is 6.92 Å². The van der Waals surface area contributed by atoms with Crippen molar-refractivity contribution < 1.29 is 4.74 Å². The van der Waals surface area contributed by atoms with Crippen LogP contribution in [0.4, 0.5) is 0 Å². The highest BCUT2D eigenvalue weighted by Gasteiger charge is 2.05. The maximum atomic E-state index is 5.18. The van der Waals surface area contributed by atoms with Gasteiger partial charge < -0.3 is 4.74 Å². The van der Waals surface area contributed by atoms with Crippen LogP contribution in [-0.4, -0.2) is 22.1 Å². The molecule has 4 heteroatoms. The second-order valence-electron chi connectivity index (χ2n) is 4.18. The first-order chi connectivity index (χ1) is 8.76. The average Bonchev–Trinajstić information content (AvgIpc) is 2.81. The third-order valence-electron chi connectivity index (χ3n) is 2.82. The van der Waals surface area contributed by atoms with Crippen molar-refractivity contribution in [2.24, 2.45) is 0 Å². The van der Waals surface area contributed by atoms with E-state index in [1.807, 2.05) is 30.3 Å². The summed E-state index contributed by atoms with van der Waals surface area (Å²) in [5, 5.41) is 8.91. The van der Waals surface area contributed by atoms with Crippen LogP contribution >= 0.6 is 0 Å². The maximum absolute atomic E-state index is 5.18. The fourth-order valence-electron chi connectivity index (χ4n) is 1.89. The summed E-state index contributed by atoms with van der Waals surface area (Å²) in [6.45, 7) is 2.05. The lowest BCUT2D eigenvalue weighted by Crippen LogP contribution is -1.98. The van der Waals surface area contributed by atoms with Gasteiger partial charge in [0, 0.05) is 6.07 Å². The molecule has 0 saturated carbocycles. The monoisotopic (exact) mass is 239 g/mol. The zero-order valence-corrected chi connectivity index (χ0v) is 10.3. The van der Waals surface area contributed by atoms with Crippen LogP contribution in [0, 0.1) is 6.92 Å². The van der Waals surface area contributed by atoms with Crippen LogP contribution in [0.15, 0.2) is 42.5 Å². The minimum atomic E-state index is 0.791. The summed E-state index contributed by atoms with van der Waals surface area (Å²) in [7, 11) is 1.64. The van der Waals surface area contributed by atoms with E-state index in [1.165, 1.54) is 5.56 Å². The Morgan fingerprint density at radius 3 is 2.61 bits per heavy atom. The molecule has 90 valence electrons. The Morgan fingerprint density at radius 1 is 1.00 bits per heavy atom. The molecule has 0 N–H and O–H groups in total. The van der Waals surface area contributed by atoms with Crippen LogP contribution < -0.4 is 4.74 Å². The first-order valence-corrected chi connectivity index (χ1v) is 5.74. The zero-order valence-electron chi connectivity index (χ0n) is 10.3. The van der Waals surface area contributed by atoms with E-state index < -0.39 is 0 Å². The lowest BCUT2D eigenvalue weighted by Gasteiger charge is -1.99. The predicted octanol–water partition coefficient (Wildman–Crippen LogP) is 2.74. The number of benzene rings is 2. The summed E-state index contributed by atoms with van der Waals surface area (Å²) >= 11 is 0. The number of hydrogen-bond donors (Lipinski definition) is 0. The number of fused-ring (bicyclic) bond motifs is 1. The molecule has 0 fully saturated rings. The van der Waals surface area contributed by atoms with E-state index in [0.29, 0.717) is 0 Å². The lowest BCUT2D eigenvalue weighted by molar-refractivity contribution is 0.415. The van der Waals surface area contributed by atoms with Crippen LogP contribution in [0.5, 0.6) is 5.75 Å². The van der Waals surface area contributed by atoms with Gasteiger partial charge in [-0.1, -0.05) is 12.1 Å². The van der Waals surface area contributed by atoms with E-state index in [4.69, 9.17) is 4.74 Å². The van der Waals surface area contributed by atoms with Crippen molar-refractivity contribution in [1.29, 1.82) is 0 Å². The van der Waals surface area contributed by atoms with Gasteiger partial charge in [-0.25, -0.2) is 0 Å². The molecular formula is C14H13N3O. The second kappa shape index (κ2) is 4.14. The minimum Gasteiger partial charge on any atom is -0.497 e. The zero-order chi connectivity index (χ0) is 12.5. The smallest absolute Gasteiger partial charge is 0.121 e. The predicted molar refractivity (Wildman–Crippen MR) is 70.2 cm³/mol. The van der Waals surface area contributed by atoms with E-state index in [-0.39, 0.29) is 0 Å². The Morgan fingerprint density at radius 2 is 1.83 bits per heavy atom. The van der Waals surface area contributed by atoms with Crippen molar-refractivity contribution >= 4 is 11.0 Å². The minimum absolute atomic E-state index is 0.791. The molecule has 0 aliphatic carbocycles. The highest BCUT2D eigenvalue weighted by atomic mass is 16.5. The van der Waals surface area contributed by atoms with Crippen LogP contribution in [0.1, 0.15) is 5.56 Å². The third kappa shape index (κ3) is 1.82. The number of nitrogens with zero attached hydrogens (tertiary/aromatic N) is 3. The molecule has 0 spiro atoms. The third-order valence-corrected chi connectivity index (χ3v) is 2.82. The van der Waals surface area contributed by atoms with Gasteiger partial charge in [0.15, 0.2) is 0 Å². The summed E-state index contributed by atoms with van der Waals surface area (Å²) in [5.41, 5.74) is 3.84. The topological polar surface area (TPSA) is 39.9 Å². The lowest BCUT2D eigenvalue weighted by atomic mass is 10.2. The molecular weight excluding hydrogens is 226 g/mol. The molecule has 0 bridgehead atoms. The molecule has 4 nitrogen and oxygen atoms in total. The van der Waals surface area contributed by atoms with Gasteiger partial charge in [-0.05, 0) is 36.8 Å². The van der Waals surface area contributed by atoms with Crippen molar-refractivity contribution in [1.82, 2.24) is 15.0 Å². The summed E-state index contributed by atoms with van der Waals surface area (Å²) < 4.78 is 5.18. The first kappa shape index (κ1) is 10.8. The summed E-state index contributed by atoms with van der Waals surface area (Å²) in [4.78, 5) is 1.65. The van der Waals surface area contributed by atoms with E-state index in [0.717, 1.165) is 22.5 Å². The normalized spacial score (nSPS) is 10.8. The summed E-state index contributed by atoms with van der Waals surface area (Å²) in [5.74, 6) is 0.791. The molecule has 0 atom stereocenters. The van der Waals surface area contributed by atoms with Crippen LogP contribution in [0.2, 0.25) is 0 Å². The van der Waals surface area contributed by atoms with E-state index >= 15 is 0 Å². The fraction of sp³-hybridized carbons (Fsp3) is 0.143. The molecule has 0 amide bonds. The average molecular weight is 239 g/mol. The van der Waals surface area contributed by atoms with Gasteiger partial charge in [-0.3, -0.25) is 0 Å².